The van der Waals surface area contributed by atoms with Crippen molar-refractivity contribution < 1.29 is 9.50 Å². The summed E-state index contributed by atoms with van der Waals surface area (Å²) < 4.78 is 13.9. The van der Waals surface area contributed by atoms with Crippen LogP contribution in [0.5, 0.6) is 0 Å². The van der Waals surface area contributed by atoms with E-state index < -0.39 is 0 Å². The van der Waals surface area contributed by atoms with Gasteiger partial charge in [-0.1, -0.05) is 11.8 Å². The van der Waals surface area contributed by atoms with Crippen molar-refractivity contribution in [3.63, 3.8) is 0 Å². The van der Waals surface area contributed by atoms with Crippen molar-refractivity contribution in [1.82, 2.24) is 4.98 Å². The van der Waals surface area contributed by atoms with Crippen molar-refractivity contribution in [2.75, 3.05) is 6.61 Å². The van der Waals surface area contributed by atoms with Gasteiger partial charge in [-0.05, 0) is 44.0 Å². The number of rotatable bonds is 0. The first-order valence-electron chi connectivity index (χ1n) is 5.72. The number of hydrogen-bond acceptors (Lipinski definition) is 2. The van der Waals surface area contributed by atoms with Crippen LogP contribution < -0.4 is 0 Å². The highest BCUT2D eigenvalue weighted by Crippen LogP contribution is 2.26. The first-order valence-corrected chi connectivity index (χ1v) is 5.72. The van der Waals surface area contributed by atoms with E-state index in [0.717, 1.165) is 16.8 Å². The lowest BCUT2D eigenvalue weighted by Crippen LogP contribution is -1.98. The van der Waals surface area contributed by atoms with E-state index in [1.54, 1.807) is 6.07 Å². The molecule has 2 nitrogen and oxygen atoms in total. The summed E-state index contributed by atoms with van der Waals surface area (Å²) in [6.07, 6.45) is 0. The molecule has 1 N–H and O–H groups in total. The zero-order chi connectivity index (χ0) is 13.3. The topological polar surface area (TPSA) is 33.1 Å². The molecule has 2 rings (SSSR count). The summed E-state index contributed by atoms with van der Waals surface area (Å²) in [6, 6.07) is 2.99. The molecule has 0 unspecified atom stereocenters. The predicted molar refractivity (Wildman–Crippen MR) is 69.9 cm³/mol. The van der Waals surface area contributed by atoms with Crippen LogP contribution in [0.2, 0.25) is 0 Å². The SMILES string of the molecule is Cc1nc2c(C#CCO)ccc(F)c2c(C)c1C. The second-order valence-corrected chi connectivity index (χ2v) is 4.23. The van der Waals surface area contributed by atoms with Gasteiger partial charge in [-0.2, -0.15) is 0 Å². The fourth-order valence-electron chi connectivity index (χ4n) is 1.99. The maximum atomic E-state index is 13.9. The molecule has 0 radical (unpaired) electrons. The van der Waals surface area contributed by atoms with Crippen molar-refractivity contribution in [2.45, 2.75) is 20.8 Å². The summed E-state index contributed by atoms with van der Waals surface area (Å²) in [5.74, 6) is 5.10. The number of aliphatic hydroxyl groups is 1. The highest BCUT2D eigenvalue weighted by Gasteiger charge is 2.12. The molecule has 92 valence electrons. The fraction of sp³-hybridized carbons (Fsp3) is 0.267. The number of aliphatic hydroxyl groups excluding tert-OH is 1. The molecule has 3 heteroatoms. The molecule has 0 saturated carbocycles. The van der Waals surface area contributed by atoms with Crippen molar-refractivity contribution in [3.8, 4) is 11.8 Å². The summed E-state index contributed by atoms with van der Waals surface area (Å²) in [4.78, 5) is 4.43. The predicted octanol–water partition coefficient (Wildman–Crippen LogP) is 2.64. The van der Waals surface area contributed by atoms with Crippen LogP contribution in [0.1, 0.15) is 22.4 Å². The van der Waals surface area contributed by atoms with E-state index >= 15 is 0 Å². The lowest BCUT2D eigenvalue weighted by atomic mass is 10.00. The Balaban J connectivity index is 2.90. The van der Waals surface area contributed by atoms with E-state index in [9.17, 15) is 4.39 Å². The Labute approximate surface area is 105 Å². The standard InChI is InChI=1S/C15H14FNO/c1-9-10(2)14-13(16)7-6-12(5-4-8-18)15(14)17-11(9)3/h6-7,18H,8H2,1-3H3. The number of hydrogen-bond donors (Lipinski definition) is 1. The zero-order valence-electron chi connectivity index (χ0n) is 10.6. The van der Waals surface area contributed by atoms with Gasteiger partial charge < -0.3 is 5.11 Å². The smallest absolute Gasteiger partial charge is 0.132 e. The van der Waals surface area contributed by atoms with Crippen LogP contribution in [-0.2, 0) is 0 Å². The number of fused-ring (bicyclic) bond motifs is 1. The molecule has 0 aliphatic heterocycles. The summed E-state index contributed by atoms with van der Waals surface area (Å²) in [5.41, 5.74) is 3.97. The monoisotopic (exact) mass is 243 g/mol. The van der Waals surface area contributed by atoms with Crippen LogP contribution in [-0.4, -0.2) is 16.7 Å². The molecular weight excluding hydrogens is 229 g/mol. The molecule has 18 heavy (non-hydrogen) atoms. The molecule has 0 aliphatic carbocycles. The van der Waals surface area contributed by atoms with Gasteiger partial charge in [-0.15, -0.1) is 0 Å². The minimum Gasteiger partial charge on any atom is -0.384 e. The number of benzene rings is 1. The van der Waals surface area contributed by atoms with E-state index in [-0.39, 0.29) is 12.4 Å². The highest BCUT2D eigenvalue weighted by molar-refractivity contribution is 5.88. The molecule has 0 fully saturated rings. The van der Waals surface area contributed by atoms with Gasteiger partial charge in [0.2, 0.25) is 0 Å². The summed E-state index contributed by atoms with van der Waals surface area (Å²) >= 11 is 0. The van der Waals surface area contributed by atoms with Crippen molar-refractivity contribution in [1.29, 1.82) is 0 Å². The van der Waals surface area contributed by atoms with Gasteiger partial charge in [-0.25, -0.2) is 4.39 Å². The summed E-state index contributed by atoms with van der Waals surface area (Å²) in [6.45, 7) is 5.50. The molecule has 0 bridgehead atoms. The van der Waals surface area contributed by atoms with Crippen LogP contribution in [0, 0.1) is 38.4 Å². The van der Waals surface area contributed by atoms with Gasteiger partial charge in [0.15, 0.2) is 0 Å². The molecule has 0 atom stereocenters. The Morgan fingerprint density at radius 2 is 1.94 bits per heavy atom. The third-order valence-electron chi connectivity index (χ3n) is 3.19. The Hall–Kier alpha value is -1.92. The molecule has 0 amide bonds. The molecule has 0 spiro atoms. The lowest BCUT2D eigenvalue weighted by molar-refractivity contribution is 0.350. The van der Waals surface area contributed by atoms with Crippen molar-refractivity contribution in [2.24, 2.45) is 0 Å². The zero-order valence-corrected chi connectivity index (χ0v) is 10.6. The number of pyridine rings is 1. The van der Waals surface area contributed by atoms with Crippen LogP contribution >= 0.6 is 0 Å². The highest BCUT2D eigenvalue weighted by atomic mass is 19.1. The summed E-state index contributed by atoms with van der Waals surface area (Å²) in [7, 11) is 0. The molecule has 0 aliphatic rings. The molecular formula is C15H14FNO. The van der Waals surface area contributed by atoms with Gasteiger partial charge in [0.05, 0.1) is 11.1 Å². The third-order valence-corrected chi connectivity index (χ3v) is 3.19. The molecule has 1 aromatic heterocycles. The van der Waals surface area contributed by atoms with Crippen LogP contribution in [0.4, 0.5) is 4.39 Å². The average molecular weight is 243 g/mol. The minimum atomic E-state index is -0.285. The van der Waals surface area contributed by atoms with E-state index in [1.807, 2.05) is 20.8 Å². The minimum absolute atomic E-state index is 0.220. The third kappa shape index (κ3) is 1.96. The number of halogens is 1. The van der Waals surface area contributed by atoms with Gasteiger partial charge in [-0.3, -0.25) is 4.98 Å². The van der Waals surface area contributed by atoms with Gasteiger partial charge in [0.25, 0.3) is 0 Å². The van der Waals surface area contributed by atoms with Crippen LogP contribution in [0.3, 0.4) is 0 Å². The van der Waals surface area contributed by atoms with Crippen LogP contribution in [0.25, 0.3) is 10.9 Å². The van der Waals surface area contributed by atoms with E-state index in [1.165, 1.54) is 6.07 Å². The van der Waals surface area contributed by atoms with E-state index in [0.29, 0.717) is 16.5 Å². The second-order valence-electron chi connectivity index (χ2n) is 4.23. The number of nitrogens with zero attached hydrogens (tertiary/aromatic N) is 1. The maximum Gasteiger partial charge on any atom is 0.132 e. The summed E-state index contributed by atoms with van der Waals surface area (Å²) in [5, 5.41) is 9.26. The van der Waals surface area contributed by atoms with Gasteiger partial charge in [0, 0.05) is 11.1 Å². The Morgan fingerprint density at radius 1 is 1.22 bits per heavy atom. The molecule has 2 aromatic rings. The molecule has 0 saturated heterocycles. The first kappa shape index (κ1) is 12.5. The van der Waals surface area contributed by atoms with Crippen LogP contribution in [0.15, 0.2) is 12.1 Å². The second kappa shape index (κ2) is 4.75. The largest absolute Gasteiger partial charge is 0.384 e. The van der Waals surface area contributed by atoms with Gasteiger partial charge in [0.1, 0.15) is 12.4 Å². The quantitative estimate of drug-likeness (QED) is 0.721. The van der Waals surface area contributed by atoms with E-state index in [2.05, 4.69) is 16.8 Å². The number of aryl methyl sites for hydroxylation is 2. The maximum absolute atomic E-state index is 13.9. The number of aromatic nitrogens is 1. The van der Waals surface area contributed by atoms with Crippen molar-refractivity contribution in [3.05, 3.63) is 40.3 Å². The first-order chi connectivity index (χ1) is 8.56. The fourth-order valence-corrected chi connectivity index (χ4v) is 1.99. The Bertz CT molecular complexity index is 680. The van der Waals surface area contributed by atoms with Gasteiger partial charge >= 0.3 is 0 Å². The molecule has 1 aromatic carbocycles. The normalized spacial score (nSPS) is 10.3. The van der Waals surface area contributed by atoms with E-state index in [4.69, 9.17) is 5.11 Å². The Morgan fingerprint density at radius 3 is 2.61 bits per heavy atom. The Kier molecular flexibility index (Phi) is 3.31. The van der Waals surface area contributed by atoms with Crippen molar-refractivity contribution >= 4 is 10.9 Å². The molecule has 1 heterocycles. The average Bonchev–Trinajstić information content (AvgIpc) is 2.35. The lowest BCUT2D eigenvalue weighted by Gasteiger charge is -2.10.